The largest absolute Gasteiger partial charge is 0.497 e. The number of anilines is 1. The van der Waals surface area contributed by atoms with Crippen molar-refractivity contribution in [2.24, 2.45) is 0 Å². The van der Waals surface area contributed by atoms with Crippen LogP contribution in [0.25, 0.3) is 0 Å². The number of aromatic nitrogens is 2. The monoisotopic (exact) mass is 353 g/mol. The van der Waals surface area contributed by atoms with Crippen LogP contribution in [0.3, 0.4) is 0 Å². The fourth-order valence-electron chi connectivity index (χ4n) is 1.93. The predicted octanol–water partition coefficient (Wildman–Crippen LogP) is 0.875. The smallest absolute Gasteiger partial charge is 0.266 e. The zero-order valence-corrected chi connectivity index (χ0v) is 14.2. The molecular weight excluding hydrogens is 334 g/mol. The number of hydrogen-bond acceptors (Lipinski definition) is 6. The Kier molecular flexibility index (Phi) is 5.80. The third-order valence-electron chi connectivity index (χ3n) is 3.19. The van der Waals surface area contributed by atoms with Gasteiger partial charge in [-0.1, -0.05) is 0 Å². The summed E-state index contributed by atoms with van der Waals surface area (Å²) in [6, 6.07) is 8.39. The van der Waals surface area contributed by atoms with Gasteiger partial charge in [-0.2, -0.15) is 5.10 Å². The highest BCUT2D eigenvalue weighted by molar-refractivity contribution is 7.90. The van der Waals surface area contributed by atoms with Gasteiger partial charge in [-0.05, 0) is 24.3 Å². The molecule has 1 N–H and O–H groups in total. The number of amides is 1. The third-order valence-corrected chi connectivity index (χ3v) is 4.11. The molecule has 1 aromatic heterocycles. The first-order chi connectivity index (χ1) is 11.4. The van der Waals surface area contributed by atoms with Gasteiger partial charge in [0.05, 0.1) is 19.1 Å². The number of aromatic amines is 1. The average molecular weight is 353 g/mol. The van der Waals surface area contributed by atoms with Crippen molar-refractivity contribution in [2.45, 2.75) is 0 Å². The number of methoxy groups -OCH3 is 1. The van der Waals surface area contributed by atoms with Gasteiger partial charge in [0.2, 0.25) is 0 Å². The van der Waals surface area contributed by atoms with Crippen LogP contribution < -0.4 is 14.4 Å². The van der Waals surface area contributed by atoms with E-state index in [4.69, 9.17) is 9.47 Å². The number of carbonyl (C=O) groups is 1. The van der Waals surface area contributed by atoms with Gasteiger partial charge in [-0.25, -0.2) is 8.42 Å². The van der Waals surface area contributed by atoms with Gasteiger partial charge in [-0.3, -0.25) is 14.8 Å². The minimum Gasteiger partial charge on any atom is -0.497 e. The van der Waals surface area contributed by atoms with Crippen molar-refractivity contribution in [3.63, 3.8) is 0 Å². The molecule has 1 amide bonds. The lowest BCUT2D eigenvalue weighted by Gasteiger charge is -2.20. The lowest BCUT2D eigenvalue weighted by Crippen LogP contribution is -2.38. The second-order valence-corrected chi connectivity index (χ2v) is 7.34. The number of nitrogens with zero attached hydrogens (tertiary/aromatic N) is 2. The standard InChI is InChI=1S/C15H19N3O5S/c1-22-12-3-5-13(6-4-12)23-11-15(19)18(9-10-24(2,20)21)14-7-8-16-17-14/h3-8H,9-11H2,1-2H3,(H,16,17). The Morgan fingerprint density at radius 3 is 2.42 bits per heavy atom. The molecule has 0 aliphatic heterocycles. The second kappa shape index (κ2) is 7.82. The highest BCUT2D eigenvalue weighted by Crippen LogP contribution is 2.17. The quantitative estimate of drug-likeness (QED) is 0.756. The molecule has 9 heteroatoms. The number of nitrogens with one attached hydrogen (secondary N) is 1. The highest BCUT2D eigenvalue weighted by Gasteiger charge is 2.19. The Balaban J connectivity index is 2.01. The summed E-state index contributed by atoms with van der Waals surface area (Å²) in [4.78, 5) is 13.7. The van der Waals surface area contributed by atoms with E-state index in [2.05, 4.69) is 10.2 Å². The molecule has 0 saturated carbocycles. The van der Waals surface area contributed by atoms with Gasteiger partial charge in [0.15, 0.2) is 6.61 Å². The van der Waals surface area contributed by atoms with Gasteiger partial charge in [0, 0.05) is 18.9 Å². The topological polar surface area (TPSA) is 102 Å². The number of H-pyrrole nitrogens is 1. The summed E-state index contributed by atoms with van der Waals surface area (Å²) in [5.41, 5.74) is 0. The fourth-order valence-corrected chi connectivity index (χ4v) is 2.44. The molecule has 0 atom stereocenters. The Bertz CT molecular complexity index is 757. The summed E-state index contributed by atoms with van der Waals surface area (Å²) >= 11 is 0. The maximum atomic E-state index is 12.4. The molecule has 130 valence electrons. The molecule has 0 aliphatic rings. The molecule has 8 nitrogen and oxygen atoms in total. The van der Waals surface area contributed by atoms with Crippen LogP contribution in [0.15, 0.2) is 36.5 Å². The second-order valence-electron chi connectivity index (χ2n) is 5.08. The molecule has 0 unspecified atom stereocenters. The van der Waals surface area contributed by atoms with E-state index in [0.717, 1.165) is 6.26 Å². The number of rotatable bonds is 8. The molecule has 24 heavy (non-hydrogen) atoms. The van der Waals surface area contributed by atoms with Crippen molar-refractivity contribution < 1.29 is 22.7 Å². The minimum absolute atomic E-state index is 0.0197. The molecule has 0 aliphatic carbocycles. The molecule has 1 heterocycles. The van der Waals surface area contributed by atoms with Crippen LogP contribution in [-0.4, -0.2) is 56.8 Å². The van der Waals surface area contributed by atoms with E-state index in [1.165, 1.54) is 11.1 Å². The molecule has 2 rings (SSSR count). The lowest BCUT2D eigenvalue weighted by molar-refractivity contribution is -0.120. The van der Waals surface area contributed by atoms with Crippen LogP contribution in [-0.2, 0) is 14.6 Å². The van der Waals surface area contributed by atoms with E-state index < -0.39 is 9.84 Å². The van der Waals surface area contributed by atoms with Crippen molar-refractivity contribution in [3.05, 3.63) is 36.5 Å². The Morgan fingerprint density at radius 1 is 1.21 bits per heavy atom. The van der Waals surface area contributed by atoms with E-state index in [9.17, 15) is 13.2 Å². The molecule has 1 aromatic carbocycles. The van der Waals surface area contributed by atoms with Crippen LogP contribution in [0, 0.1) is 0 Å². The number of sulfone groups is 1. The lowest BCUT2D eigenvalue weighted by atomic mass is 10.3. The average Bonchev–Trinajstić information content (AvgIpc) is 3.06. The van der Waals surface area contributed by atoms with E-state index >= 15 is 0 Å². The molecule has 0 saturated heterocycles. The molecular formula is C15H19N3O5S. The van der Waals surface area contributed by atoms with Gasteiger partial charge in [0.25, 0.3) is 5.91 Å². The summed E-state index contributed by atoms with van der Waals surface area (Å²) in [5.74, 6) is 1.08. The Hall–Kier alpha value is -2.55. The van der Waals surface area contributed by atoms with Gasteiger partial charge in [-0.15, -0.1) is 0 Å². The van der Waals surface area contributed by atoms with Crippen molar-refractivity contribution in [1.82, 2.24) is 10.2 Å². The zero-order valence-electron chi connectivity index (χ0n) is 13.4. The van der Waals surface area contributed by atoms with E-state index in [-0.39, 0.29) is 24.8 Å². The van der Waals surface area contributed by atoms with Gasteiger partial charge < -0.3 is 9.47 Å². The van der Waals surface area contributed by atoms with Crippen molar-refractivity contribution in [3.8, 4) is 11.5 Å². The number of hydrogen-bond donors (Lipinski definition) is 1. The predicted molar refractivity (Wildman–Crippen MR) is 89.1 cm³/mol. The van der Waals surface area contributed by atoms with Crippen molar-refractivity contribution >= 4 is 21.6 Å². The number of carbonyl (C=O) groups excluding carboxylic acids is 1. The van der Waals surface area contributed by atoms with Crippen LogP contribution in [0.2, 0.25) is 0 Å². The zero-order chi connectivity index (χ0) is 17.6. The van der Waals surface area contributed by atoms with Crippen LogP contribution in [0.4, 0.5) is 5.82 Å². The van der Waals surface area contributed by atoms with Crippen molar-refractivity contribution in [1.29, 1.82) is 0 Å². The normalized spacial score (nSPS) is 11.1. The maximum Gasteiger partial charge on any atom is 0.266 e. The van der Waals surface area contributed by atoms with Crippen LogP contribution in [0.5, 0.6) is 11.5 Å². The first-order valence-corrected chi connectivity index (χ1v) is 9.19. The Morgan fingerprint density at radius 2 is 1.88 bits per heavy atom. The van der Waals surface area contributed by atoms with E-state index in [1.807, 2.05) is 0 Å². The van der Waals surface area contributed by atoms with Gasteiger partial charge >= 0.3 is 0 Å². The highest BCUT2D eigenvalue weighted by atomic mass is 32.2. The minimum atomic E-state index is -3.20. The molecule has 0 spiro atoms. The third kappa shape index (κ3) is 5.27. The first-order valence-electron chi connectivity index (χ1n) is 7.13. The van der Waals surface area contributed by atoms with Crippen molar-refractivity contribution in [2.75, 3.05) is 37.2 Å². The summed E-state index contributed by atoms with van der Waals surface area (Å²) < 4.78 is 33.2. The van der Waals surface area contributed by atoms with Crippen LogP contribution in [0.1, 0.15) is 0 Å². The molecule has 0 radical (unpaired) electrons. The number of benzene rings is 1. The van der Waals surface area contributed by atoms with Gasteiger partial charge in [0.1, 0.15) is 27.2 Å². The molecule has 0 fully saturated rings. The fraction of sp³-hybridized carbons (Fsp3) is 0.333. The maximum absolute atomic E-state index is 12.4. The van der Waals surface area contributed by atoms with E-state index in [1.54, 1.807) is 37.4 Å². The summed E-state index contributed by atoms with van der Waals surface area (Å²) in [7, 11) is -1.64. The Labute approximate surface area is 140 Å². The summed E-state index contributed by atoms with van der Waals surface area (Å²) in [6.07, 6.45) is 2.61. The SMILES string of the molecule is COc1ccc(OCC(=O)N(CCS(C)(=O)=O)c2ccn[nH]2)cc1. The number of ether oxygens (including phenoxy) is 2. The van der Waals surface area contributed by atoms with Crippen LogP contribution >= 0.6 is 0 Å². The molecule has 2 aromatic rings. The first kappa shape index (κ1) is 17.8. The molecule has 0 bridgehead atoms. The summed E-state index contributed by atoms with van der Waals surface area (Å²) in [5, 5.41) is 6.44. The summed E-state index contributed by atoms with van der Waals surface area (Å²) in [6.45, 7) is -0.207. The van der Waals surface area contributed by atoms with E-state index in [0.29, 0.717) is 17.3 Å².